The van der Waals surface area contributed by atoms with Crippen LogP contribution in [0, 0.1) is 18.7 Å². The molecule has 0 radical (unpaired) electrons. The number of nitrogens with zero attached hydrogens (tertiary/aromatic N) is 2. The van der Waals surface area contributed by atoms with E-state index in [1.807, 2.05) is 27.7 Å². The van der Waals surface area contributed by atoms with Crippen molar-refractivity contribution in [3.8, 4) is 23.0 Å². The molecule has 5 rings (SSSR count). The van der Waals surface area contributed by atoms with Crippen molar-refractivity contribution < 1.29 is 28.5 Å². The summed E-state index contributed by atoms with van der Waals surface area (Å²) in [6.07, 6.45) is 2.19. The van der Waals surface area contributed by atoms with Gasteiger partial charge in [0.25, 0.3) is 0 Å². The van der Waals surface area contributed by atoms with Crippen molar-refractivity contribution in [1.82, 2.24) is 14.9 Å². The number of ether oxygens (including phenoxy) is 3. The van der Waals surface area contributed by atoms with Gasteiger partial charge in [-0.25, -0.2) is 9.18 Å². The number of halogens is 1. The highest BCUT2D eigenvalue weighted by Gasteiger charge is 2.41. The van der Waals surface area contributed by atoms with Gasteiger partial charge in [0.2, 0.25) is 0 Å². The van der Waals surface area contributed by atoms with Gasteiger partial charge in [0.05, 0.1) is 19.2 Å². The first-order valence-corrected chi connectivity index (χ1v) is 12.6. The molecule has 1 amide bonds. The predicted molar refractivity (Wildman–Crippen MR) is 143 cm³/mol. The third-order valence-electron chi connectivity index (χ3n) is 7.02. The van der Waals surface area contributed by atoms with Gasteiger partial charge in [0, 0.05) is 45.8 Å². The first-order valence-electron chi connectivity index (χ1n) is 12.6. The number of H-pyrrole nitrogens is 1. The van der Waals surface area contributed by atoms with Gasteiger partial charge in [-0.1, -0.05) is 0 Å². The Bertz CT molecular complexity index is 1500. The van der Waals surface area contributed by atoms with Crippen LogP contribution in [0.2, 0.25) is 0 Å². The van der Waals surface area contributed by atoms with Gasteiger partial charge < -0.3 is 29.2 Å². The Labute approximate surface area is 220 Å². The van der Waals surface area contributed by atoms with Gasteiger partial charge in [-0.2, -0.15) is 0 Å². The van der Waals surface area contributed by atoms with E-state index in [1.165, 1.54) is 4.90 Å². The molecule has 1 fully saturated rings. The smallest absolute Gasteiger partial charge is 0.407 e. The van der Waals surface area contributed by atoms with Crippen molar-refractivity contribution in [2.24, 2.45) is 5.92 Å². The molecule has 1 aliphatic carbocycles. The number of methoxy groups -OCH3 is 1. The van der Waals surface area contributed by atoms with E-state index < -0.39 is 17.4 Å². The number of amides is 1. The van der Waals surface area contributed by atoms with Crippen molar-refractivity contribution in [2.75, 3.05) is 13.7 Å². The predicted octanol–water partition coefficient (Wildman–Crippen LogP) is 6.90. The average Bonchev–Trinajstić information content (AvgIpc) is 3.21. The molecule has 0 spiro atoms. The first kappa shape index (κ1) is 25.6. The van der Waals surface area contributed by atoms with Crippen molar-refractivity contribution in [2.45, 2.75) is 52.1 Å². The molecule has 1 saturated carbocycles. The summed E-state index contributed by atoms with van der Waals surface area (Å²) in [4.78, 5) is 20.8. The Morgan fingerprint density at radius 2 is 1.87 bits per heavy atom. The molecule has 0 saturated heterocycles. The number of hydrogen-bond donors (Lipinski definition) is 2. The fourth-order valence-corrected chi connectivity index (χ4v) is 5.22. The summed E-state index contributed by atoms with van der Waals surface area (Å²) >= 11 is 0. The number of rotatable bonds is 7. The largest absolute Gasteiger partial charge is 0.493 e. The molecule has 8 nitrogen and oxygen atoms in total. The van der Waals surface area contributed by atoms with E-state index in [4.69, 9.17) is 14.2 Å². The zero-order valence-electron chi connectivity index (χ0n) is 22.2. The number of fused-ring (bicyclic) bond motifs is 2. The Hall–Kier alpha value is -4.01. The summed E-state index contributed by atoms with van der Waals surface area (Å²) in [5, 5.41) is 10.8. The monoisotopic (exact) mass is 521 g/mol. The first-order chi connectivity index (χ1) is 18.0. The second kappa shape index (κ2) is 9.70. The molecule has 200 valence electrons. The SMILES string of the molecule is COc1cc2c(Oc3ccc4[nH]c(C)cc4c3F)ccnc2cc1OC[C@H]1C[C@@H](N(C(=O)O)C(C)(C)C)C1. The summed E-state index contributed by atoms with van der Waals surface area (Å²) in [6, 6.07) is 10.4. The normalized spacial score (nSPS) is 17.3. The van der Waals surface area contributed by atoms with Gasteiger partial charge >= 0.3 is 6.09 Å². The number of carboxylic acid groups (broad SMARTS) is 1. The van der Waals surface area contributed by atoms with E-state index in [-0.39, 0.29) is 17.7 Å². The minimum absolute atomic E-state index is 0.0178. The molecular weight excluding hydrogens is 489 g/mol. The number of aromatic nitrogens is 2. The molecule has 9 heteroatoms. The van der Waals surface area contributed by atoms with Gasteiger partial charge in [0.15, 0.2) is 23.1 Å². The lowest BCUT2D eigenvalue weighted by molar-refractivity contribution is 0.00651. The van der Waals surface area contributed by atoms with Crippen LogP contribution in [0.1, 0.15) is 39.3 Å². The van der Waals surface area contributed by atoms with Crippen LogP contribution in [-0.4, -0.2) is 51.4 Å². The van der Waals surface area contributed by atoms with E-state index in [9.17, 15) is 9.90 Å². The second-order valence-corrected chi connectivity index (χ2v) is 10.8. The number of benzene rings is 2. The maximum absolute atomic E-state index is 15.1. The summed E-state index contributed by atoms with van der Waals surface area (Å²) in [7, 11) is 1.56. The minimum Gasteiger partial charge on any atom is -0.493 e. The van der Waals surface area contributed by atoms with Gasteiger partial charge in [0.1, 0.15) is 5.75 Å². The molecule has 4 aromatic rings. The number of aryl methyl sites for hydroxylation is 1. The van der Waals surface area contributed by atoms with Crippen molar-refractivity contribution in [3.63, 3.8) is 0 Å². The van der Waals surface area contributed by atoms with Crippen LogP contribution in [0.15, 0.2) is 42.6 Å². The molecule has 0 unspecified atom stereocenters. The van der Waals surface area contributed by atoms with E-state index in [0.717, 1.165) is 18.5 Å². The summed E-state index contributed by atoms with van der Waals surface area (Å²) in [5.41, 5.74) is 1.74. The molecule has 0 atom stereocenters. The highest BCUT2D eigenvalue weighted by Crippen LogP contribution is 2.40. The molecular formula is C29H32FN3O5. The van der Waals surface area contributed by atoms with E-state index in [0.29, 0.717) is 45.7 Å². The number of nitrogens with one attached hydrogen (secondary N) is 1. The molecule has 0 bridgehead atoms. The highest BCUT2D eigenvalue weighted by molar-refractivity contribution is 5.89. The molecule has 0 aliphatic heterocycles. The molecule has 2 heterocycles. The van der Waals surface area contributed by atoms with Crippen LogP contribution < -0.4 is 14.2 Å². The zero-order valence-corrected chi connectivity index (χ0v) is 22.2. The summed E-state index contributed by atoms with van der Waals surface area (Å²) in [5.74, 6) is 1.41. The van der Waals surface area contributed by atoms with Crippen LogP contribution in [0.4, 0.5) is 9.18 Å². The number of carbonyl (C=O) groups is 1. The van der Waals surface area contributed by atoms with Crippen LogP contribution in [0.25, 0.3) is 21.8 Å². The van der Waals surface area contributed by atoms with Crippen LogP contribution in [0.3, 0.4) is 0 Å². The maximum atomic E-state index is 15.1. The lowest BCUT2D eigenvalue weighted by Gasteiger charge is -2.47. The van der Waals surface area contributed by atoms with Crippen LogP contribution >= 0.6 is 0 Å². The summed E-state index contributed by atoms with van der Waals surface area (Å²) in [6.45, 7) is 8.03. The molecule has 38 heavy (non-hydrogen) atoms. The molecule has 2 aromatic carbocycles. The lowest BCUT2D eigenvalue weighted by atomic mass is 9.78. The molecule has 2 N–H and O–H groups in total. The van der Waals surface area contributed by atoms with Gasteiger partial charge in [-0.05, 0) is 76.8 Å². The molecule has 2 aromatic heterocycles. The maximum Gasteiger partial charge on any atom is 0.407 e. The van der Waals surface area contributed by atoms with Crippen molar-refractivity contribution >= 4 is 27.9 Å². The van der Waals surface area contributed by atoms with Crippen LogP contribution in [0.5, 0.6) is 23.0 Å². The molecule has 1 aliphatic rings. The Balaban J connectivity index is 1.33. The van der Waals surface area contributed by atoms with Gasteiger partial charge in [-0.15, -0.1) is 0 Å². The second-order valence-electron chi connectivity index (χ2n) is 10.8. The number of pyridine rings is 1. The van der Waals surface area contributed by atoms with Crippen molar-refractivity contribution in [3.05, 3.63) is 54.1 Å². The van der Waals surface area contributed by atoms with E-state index in [2.05, 4.69) is 9.97 Å². The Morgan fingerprint density at radius 3 is 2.55 bits per heavy atom. The number of aromatic amines is 1. The highest BCUT2D eigenvalue weighted by atomic mass is 19.1. The fraction of sp³-hybridized carbons (Fsp3) is 0.379. The van der Waals surface area contributed by atoms with Crippen molar-refractivity contribution in [1.29, 1.82) is 0 Å². The Kier molecular flexibility index (Phi) is 6.54. The average molecular weight is 522 g/mol. The third kappa shape index (κ3) is 4.80. The fourth-order valence-electron chi connectivity index (χ4n) is 5.22. The lowest BCUT2D eigenvalue weighted by Crippen LogP contribution is -2.56. The third-order valence-corrected chi connectivity index (χ3v) is 7.02. The standard InChI is InChI=1S/C29H32FN3O5/c1-16-10-20-21(32-16)6-7-24(27(20)30)38-23-8-9-31-22-14-26(25(36-5)13-19(22)23)37-15-17-11-18(12-17)33(28(34)35)29(2,3)4/h6-10,13-14,17-18,32H,11-12,15H2,1-5H3,(H,34,35)/t17-,18+. The van der Waals surface area contributed by atoms with Crippen LogP contribution in [-0.2, 0) is 0 Å². The zero-order chi connectivity index (χ0) is 27.2. The Morgan fingerprint density at radius 1 is 1.11 bits per heavy atom. The van der Waals surface area contributed by atoms with E-state index in [1.54, 1.807) is 49.7 Å². The topological polar surface area (TPSA) is 96.9 Å². The van der Waals surface area contributed by atoms with E-state index >= 15 is 4.39 Å². The summed E-state index contributed by atoms with van der Waals surface area (Å²) < 4.78 is 32.8. The van der Waals surface area contributed by atoms with Gasteiger partial charge in [-0.3, -0.25) is 4.98 Å². The minimum atomic E-state index is -0.898. The number of hydrogen-bond acceptors (Lipinski definition) is 5. The quantitative estimate of drug-likeness (QED) is 0.275.